The predicted octanol–water partition coefficient (Wildman–Crippen LogP) is 3.05. The highest BCUT2D eigenvalue weighted by molar-refractivity contribution is 6.30. The van der Waals surface area contributed by atoms with E-state index in [1.165, 1.54) is 7.11 Å². The van der Waals surface area contributed by atoms with Gasteiger partial charge in [-0.25, -0.2) is 4.79 Å². The topological polar surface area (TPSA) is 35.5 Å². The Labute approximate surface area is 118 Å². The lowest BCUT2D eigenvalue weighted by molar-refractivity contribution is -0.157. The molecular formula is C15H17ClO3. The van der Waals surface area contributed by atoms with Gasteiger partial charge in [0, 0.05) is 10.6 Å². The minimum absolute atomic E-state index is 0.479. The number of carbonyl (C=O) groups is 1. The van der Waals surface area contributed by atoms with E-state index in [0.29, 0.717) is 5.02 Å². The van der Waals surface area contributed by atoms with Crippen LogP contribution in [-0.2, 0) is 14.3 Å². The van der Waals surface area contributed by atoms with Crippen LogP contribution in [0.25, 0.3) is 0 Å². The minimum atomic E-state index is -0.902. The maximum absolute atomic E-state index is 11.6. The van der Waals surface area contributed by atoms with E-state index in [-0.39, 0.29) is 0 Å². The van der Waals surface area contributed by atoms with Crippen molar-refractivity contribution in [3.05, 3.63) is 34.9 Å². The average molecular weight is 281 g/mol. The Morgan fingerprint density at radius 1 is 1.26 bits per heavy atom. The van der Waals surface area contributed by atoms with Crippen molar-refractivity contribution in [1.29, 1.82) is 0 Å². The SMILES string of the molecule is COC(=O)[C@H](C#Cc1ccc(Cl)cc1)OC(C)(C)C. The number of esters is 1. The number of hydrogen-bond acceptors (Lipinski definition) is 3. The van der Waals surface area contributed by atoms with E-state index in [0.717, 1.165) is 5.56 Å². The summed E-state index contributed by atoms with van der Waals surface area (Å²) in [5, 5.41) is 0.640. The first-order valence-electron chi connectivity index (χ1n) is 5.84. The molecule has 0 radical (unpaired) electrons. The number of hydrogen-bond donors (Lipinski definition) is 0. The molecule has 0 bridgehead atoms. The quantitative estimate of drug-likeness (QED) is 0.617. The van der Waals surface area contributed by atoms with Crippen LogP contribution in [0.1, 0.15) is 26.3 Å². The third-order valence-electron chi connectivity index (χ3n) is 2.08. The summed E-state index contributed by atoms with van der Waals surface area (Å²) in [7, 11) is 1.31. The van der Waals surface area contributed by atoms with Crippen molar-refractivity contribution in [2.24, 2.45) is 0 Å². The molecule has 4 heteroatoms. The summed E-state index contributed by atoms with van der Waals surface area (Å²) in [5.74, 6) is 5.14. The number of ether oxygens (including phenoxy) is 2. The standard InChI is InChI=1S/C15H17ClO3/c1-15(2,3)19-13(14(17)18-4)10-7-11-5-8-12(16)9-6-11/h5-6,8-9,13H,1-4H3/t13-/m0/s1. The monoisotopic (exact) mass is 280 g/mol. The molecule has 0 saturated carbocycles. The van der Waals surface area contributed by atoms with Crippen molar-refractivity contribution in [2.75, 3.05) is 7.11 Å². The highest BCUT2D eigenvalue weighted by atomic mass is 35.5. The van der Waals surface area contributed by atoms with Crippen molar-refractivity contribution in [3.63, 3.8) is 0 Å². The van der Waals surface area contributed by atoms with Gasteiger partial charge >= 0.3 is 5.97 Å². The fraction of sp³-hybridized carbons (Fsp3) is 0.400. The molecule has 0 aliphatic rings. The molecule has 3 nitrogen and oxygen atoms in total. The fourth-order valence-corrected chi connectivity index (χ4v) is 1.41. The largest absolute Gasteiger partial charge is 0.466 e. The zero-order chi connectivity index (χ0) is 14.5. The second-order valence-electron chi connectivity index (χ2n) is 4.91. The van der Waals surface area contributed by atoms with E-state index in [9.17, 15) is 4.79 Å². The smallest absolute Gasteiger partial charge is 0.347 e. The third-order valence-corrected chi connectivity index (χ3v) is 2.33. The van der Waals surface area contributed by atoms with Crippen LogP contribution in [-0.4, -0.2) is 24.8 Å². The second-order valence-corrected chi connectivity index (χ2v) is 5.35. The van der Waals surface area contributed by atoms with E-state index >= 15 is 0 Å². The molecule has 0 spiro atoms. The predicted molar refractivity (Wildman–Crippen MR) is 75.0 cm³/mol. The van der Waals surface area contributed by atoms with Crippen molar-refractivity contribution < 1.29 is 14.3 Å². The van der Waals surface area contributed by atoms with Gasteiger partial charge in [0.1, 0.15) is 0 Å². The van der Waals surface area contributed by atoms with Gasteiger partial charge in [-0.1, -0.05) is 23.4 Å². The van der Waals surface area contributed by atoms with Crippen LogP contribution < -0.4 is 0 Å². The number of benzene rings is 1. The van der Waals surface area contributed by atoms with E-state index in [2.05, 4.69) is 16.6 Å². The normalized spacial score (nSPS) is 12.3. The highest BCUT2D eigenvalue weighted by Gasteiger charge is 2.24. The van der Waals surface area contributed by atoms with Crippen LogP contribution in [0, 0.1) is 11.8 Å². The average Bonchev–Trinajstić information content (AvgIpc) is 2.34. The molecule has 1 rings (SSSR count). The van der Waals surface area contributed by atoms with Crippen molar-refractivity contribution in [1.82, 2.24) is 0 Å². The molecule has 0 amide bonds. The van der Waals surface area contributed by atoms with Gasteiger partial charge < -0.3 is 9.47 Å². The number of carbonyl (C=O) groups excluding carboxylic acids is 1. The molecule has 19 heavy (non-hydrogen) atoms. The molecular weight excluding hydrogens is 264 g/mol. The molecule has 0 heterocycles. The summed E-state index contributed by atoms with van der Waals surface area (Å²) >= 11 is 5.79. The summed E-state index contributed by atoms with van der Waals surface area (Å²) in [6.45, 7) is 5.56. The van der Waals surface area contributed by atoms with Crippen LogP contribution in [0.5, 0.6) is 0 Å². The first-order chi connectivity index (χ1) is 8.81. The Morgan fingerprint density at radius 2 is 1.84 bits per heavy atom. The lowest BCUT2D eigenvalue weighted by Gasteiger charge is -2.22. The van der Waals surface area contributed by atoms with Crippen molar-refractivity contribution >= 4 is 17.6 Å². The summed E-state index contributed by atoms with van der Waals surface area (Å²) in [5.41, 5.74) is 0.281. The van der Waals surface area contributed by atoms with Crippen LogP contribution in [0.2, 0.25) is 5.02 Å². The molecule has 1 aromatic rings. The van der Waals surface area contributed by atoms with Gasteiger partial charge in [0.05, 0.1) is 12.7 Å². The summed E-state index contributed by atoms with van der Waals surface area (Å²) < 4.78 is 10.2. The van der Waals surface area contributed by atoms with E-state index in [4.69, 9.17) is 16.3 Å². The van der Waals surface area contributed by atoms with Gasteiger partial charge in [-0.15, -0.1) is 0 Å². The van der Waals surface area contributed by atoms with Crippen LogP contribution in [0.15, 0.2) is 24.3 Å². The van der Waals surface area contributed by atoms with Crippen LogP contribution in [0.4, 0.5) is 0 Å². The van der Waals surface area contributed by atoms with Crippen LogP contribution in [0.3, 0.4) is 0 Å². The zero-order valence-electron chi connectivity index (χ0n) is 11.5. The number of rotatable bonds is 2. The first kappa shape index (κ1) is 15.6. The molecule has 0 fully saturated rings. The lowest BCUT2D eigenvalue weighted by atomic mass is 10.1. The first-order valence-corrected chi connectivity index (χ1v) is 6.22. The summed E-state index contributed by atoms with van der Waals surface area (Å²) in [6.07, 6.45) is -0.902. The molecule has 0 unspecified atom stereocenters. The summed E-state index contributed by atoms with van der Waals surface area (Å²) in [4.78, 5) is 11.6. The van der Waals surface area contributed by atoms with Gasteiger partial charge in [0.2, 0.25) is 6.10 Å². The Balaban J connectivity index is 2.89. The van der Waals surface area contributed by atoms with Crippen molar-refractivity contribution in [2.45, 2.75) is 32.5 Å². The molecule has 0 aromatic heterocycles. The molecule has 1 aromatic carbocycles. The Morgan fingerprint density at radius 3 is 2.32 bits per heavy atom. The van der Waals surface area contributed by atoms with Gasteiger partial charge in [-0.2, -0.15) is 0 Å². The maximum Gasteiger partial charge on any atom is 0.347 e. The van der Waals surface area contributed by atoms with E-state index in [1.54, 1.807) is 24.3 Å². The van der Waals surface area contributed by atoms with Gasteiger partial charge in [0.15, 0.2) is 0 Å². The fourth-order valence-electron chi connectivity index (χ4n) is 1.28. The van der Waals surface area contributed by atoms with E-state index < -0.39 is 17.7 Å². The number of methoxy groups -OCH3 is 1. The molecule has 0 aliphatic carbocycles. The Kier molecular flexibility index (Phi) is 5.41. The van der Waals surface area contributed by atoms with Gasteiger partial charge in [0.25, 0.3) is 0 Å². The zero-order valence-corrected chi connectivity index (χ0v) is 12.2. The summed E-state index contributed by atoms with van der Waals surface area (Å²) in [6, 6.07) is 7.04. The minimum Gasteiger partial charge on any atom is -0.466 e. The molecule has 0 aliphatic heterocycles. The second kappa shape index (κ2) is 6.60. The van der Waals surface area contributed by atoms with Crippen molar-refractivity contribution in [3.8, 4) is 11.8 Å². The van der Waals surface area contributed by atoms with Crippen LogP contribution >= 0.6 is 11.6 Å². The maximum atomic E-state index is 11.6. The Bertz CT molecular complexity index is 489. The van der Waals surface area contributed by atoms with E-state index in [1.807, 2.05) is 20.8 Å². The lowest BCUT2D eigenvalue weighted by Crippen LogP contribution is -2.33. The number of halogens is 1. The molecule has 102 valence electrons. The van der Waals surface area contributed by atoms with Gasteiger partial charge in [-0.05, 0) is 45.0 Å². The van der Waals surface area contributed by atoms with Gasteiger partial charge in [-0.3, -0.25) is 0 Å². The Hall–Kier alpha value is -1.50. The highest BCUT2D eigenvalue weighted by Crippen LogP contribution is 2.12. The molecule has 0 saturated heterocycles. The molecule has 1 atom stereocenters. The third kappa shape index (κ3) is 5.78. The molecule has 0 N–H and O–H groups in total.